The molecule has 0 radical (unpaired) electrons. The number of hydrogen-bond donors (Lipinski definition) is 4. The van der Waals surface area contributed by atoms with E-state index >= 15 is 0 Å². The smallest absolute Gasteiger partial charge is 0.315 e. The average Bonchev–Trinajstić information content (AvgIpc) is 3.39. The van der Waals surface area contributed by atoms with Crippen molar-refractivity contribution in [2.24, 2.45) is 17.3 Å². The van der Waals surface area contributed by atoms with Gasteiger partial charge in [0.05, 0.1) is 6.04 Å². The van der Waals surface area contributed by atoms with Gasteiger partial charge in [-0.2, -0.15) is 0 Å². The second kappa shape index (κ2) is 17.3. The fourth-order valence-electron chi connectivity index (χ4n) is 8.10. The van der Waals surface area contributed by atoms with Crippen LogP contribution in [-0.4, -0.2) is 76.2 Å². The fraction of sp³-hybridized carbons (Fsp3) is 0.684. The summed E-state index contributed by atoms with van der Waals surface area (Å²) in [4.78, 5) is 73.7. The Labute approximate surface area is 292 Å². The molecule has 270 valence electrons. The fourth-order valence-corrected chi connectivity index (χ4v) is 8.10. The molecule has 1 aliphatic heterocycles. The van der Waals surface area contributed by atoms with Crippen LogP contribution >= 0.6 is 0 Å². The zero-order chi connectivity index (χ0) is 35.6. The number of amides is 5. The number of nitrogens with zero attached hydrogens (tertiary/aromatic N) is 2. The van der Waals surface area contributed by atoms with Crippen molar-refractivity contribution in [1.29, 1.82) is 0 Å². The van der Waals surface area contributed by atoms with Crippen LogP contribution in [0, 0.1) is 17.3 Å². The maximum atomic E-state index is 14.1. The van der Waals surface area contributed by atoms with E-state index in [2.05, 4.69) is 53.6 Å². The Kier molecular flexibility index (Phi) is 13.4. The number of carbonyl (C=O) groups is 5. The van der Waals surface area contributed by atoms with Gasteiger partial charge in [0.25, 0.3) is 5.91 Å². The zero-order valence-corrected chi connectivity index (χ0v) is 30.0. The Morgan fingerprint density at radius 2 is 1.73 bits per heavy atom. The molecule has 2 heterocycles. The Bertz CT molecular complexity index is 1330. The largest absolute Gasteiger partial charge is 0.346 e. The minimum Gasteiger partial charge on any atom is -0.346 e. The van der Waals surface area contributed by atoms with Gasteiger partial charge in [0.2, 0.25) is 17.6 Å². The van der Waals surface area contributed by atoms with Gasteiger partial charge in [0.1, 0.15) is 12.1 Å². The molecule has 0 bridgehead atoms. The first-order valence-corrected chi connectivity index (χ1v) is 18.5. The zero-order valence-electron chi connectivity index (χ0n) is 30.0. The van der Waals surface area contributed by atoms with Crippen LogP contribution in [0.25, 0.3) is 0 Å². The Morgan fingerprint density at radius 3 is 2.39 bits per heavy atom. The third-order valence-corrected chi connectivity index (χ3v) is 11.1. The van der Waals surface area contributed by atoms with E-state index in [1.807, 2.05) is 25.1 Å². The van der Waals surface area contributed by atoms with E-state index in [9.17, 15) is 24.0 Å². The van der Waals surface area contributed by atoms with Gasteiger partial charge in [-0.25, -0.2) is 4.79 Å². The third-order valence-electron chi connectivity index (χ3n) is 11.1. The number of unbranched alkanes of at least 4 members (excludes halogenated alkanes) is 4. The second-order valence-corrected chi connectivity index (χ2v) is 14.9. The highest BCUT2D eigenvalue weighted by Gasteiger charge is 2.69. The topological polar surface area (TPSA) is 150 Å². The second-order valence-electron chi connectivity index (χ2n) is 14.9. The van der Waals surface area contributed by atoms with Crippen LogP contribution in [0.15, 0.2) is 37.1 Å². The Hall–Kier alpha value is -3.76. The average molecular weight is 679 g/mol. The summed E-state index contributed by atoms with van der Waals surface area (Å²) in [5, 5.41) is 11.6. The van der Waals surface area contributed by atoms with Gasteiger partial charge >= 0.3 is 6.03 Å². The molecule has 1 aromatic rings. The number of ketones is 1. The van der Waals surface area contributed by atoms with Gasteiger partial charge < -0.3 is 26.2 Å². The van der Waals surface area contributed by atoms with Crippen LogP contribution < -0.4 is 21.3 Å². The normalized spacial score (nSPS) is 22.9. The van der Waals surface area contributed by atoms with Crippen LogP contribution in [0.4, 0.5) is 4.79 Å². The Balaban J connectivity index is 1.46. The van der Waals surface area contributed by atoms with Gasteiger partial charge in [-0.1, -0.05) is 91.2 Å². The molecular formula is C38H58N6O5. The number of hydrogen-bond acceptors (Lipinski definition) is 6. The van der Waals surface area contributed by atoms with Gasteiger partial charge in [-0.05, 0) is 55.1 Å². The summed E-state index contributed by atoms with van der Waals surface area (Å²) in [5.41, 5.74) is 0.317. The summed E-state index contributed by atoms with van der Waals surface area (Å²) in [5.74, 6) is -2.15. The van der Waals surface area contributed by atoms with Crippen molar-refractivity contribution in [2.75, 3.05) is 13.1 Å². The van der Waals surface area contributed by atoms with Crippen LogP contribution in [0.1, 0.15) is 110 Å². The van der Waals surface area contributed by atoms with Crippen molar-refractivity contribution >= 4 is 29.5 Å². The number of pyridine rings is 1. The molecule has 4 N–H and O–H groups in total. The standard InChI is InChI=1S/C38H58N6O5/c1-6-9-10-11-13-19-29(32(45)34(47)40-22-7-2)41-33(46)31-30-27(37(30,4)5)25-44(31)35(48)28(8-3)42-36(49)43-38(20-15-12-16-21-38)24-26-18-14-17-23-39-26/h7,14,17-18,23,27-31H,2,6,8-13,15-16,19-22,24-25H2,1,3-5H3,(H,40,47)(H,41,46)(H2,42,43,49)/t27-,28-,29-,30-,31-/m0/s1. The molecule has 11 nitrogen and oxygen atoms in total. The van der Waals surface area contributed by atoms with Crippen LogP contribution in [0.5, 0.6) is 0 Å². The number of fused-ring (bicyclic) bond motifs is 1. The highest BCUT2D eigenvalue weighted by Crippen LogP contribution is 2.65. The first-order chi connectivity index (χ1) is 23.5. The number of aromatic nitrogens is 1. The number of likely N-dealkylation sites (tertiary alicyclic amines) is 1. The van der Waals surface area contributed by atoms with Crippen molar-refractivity contribution < 1.29 is 24.0 Å². The van der Waals surface area contributed by atoms with E-state index < -0.39 is 47.3 Å². The molecule has 0 unspecified atom stereocenters. The summed E-state index contributed by atoms with van der Waals surface area (Å²) in [7, 11) is 0. The number of Topliss-reactive ketones (excluding diaryl/α,β-unsaturated/α-hetero) is 1. The van der Waals surface area contributed by atoms with Crippen LogP contribution in [0.2, 0.25) is 0 Å². The molecule has 4 rings (SSSR count). The molecule has 2 aliphatic carbocycles. The summed E-state index contributed by atoms with van der Waals surface area (Å²) in [6, 6.07) is 2.77. The molecule has 11 heteroatoms. The number of rotatable bonds is 18. The SMILES string of the molecule is C=CCNC(=O)C(=O)[C@H](CCCCCCC)NC(=O)[C@@H]1[C@@H]2[C@H](CN1C(=O)[C@H](CC)NC(=O)NC1(Cc3ccccn3)CCCCC1)C2(C)C. The minimum absolute atomic E-state index is 0.0819. The van der Waals surface area contributed by atoms with Crippen molar-refractivity contribution in [3.05, 3.63) is 42.7 Å². The number of piperidine rings is 1. The molecule has 3 aliphatic rings. The maximum absolute atomic E-state index is 14.1. The first-order valence-electron chi connectivity index (χ1n) is 18.5. The van der Waals surface area contributed by atoms with E-state index in [1.54, 1.807) is 11.1 Å². The molecule has 5 atom stereocenters. The summed E-state index contributed by atoms with van der Waals surface area (Å²) < 4.78 is 0. The predicted molar refractivity (Wildman–Crippen MR) is 189 cm³/mol. The highest BCUT2D eigenvalue weighted by atomic mass is 16.2. The molecule has 0 spiro atoms. The molecule has 3 fully saturated rings. The van der Waals surface area contributed by atoms with E-state index in [0.29, 0.717) is 32.2 Å². The molecule has 49 heavy (non-hydrogen) atoms. The van der Waals surface area contributed by atoms with Crippen molar-refractivity contribution in [3.8, 4) is 0 Å². The lowest BCUT2D eigenvalue weighted by Crippen LogP contribution is -2.60. The van der Waals surface area contributed by atoms with Crippen molar-refractivity contribution in [3.63, 3.8) is 0 Å². The van der Waals surface area contributed by atoms with E-state index in [1.165, 1.54) is 6.08 Å². The van der Waals surface area contributed by atoms with E-state index in [-0.39, 0.29) is 29.7 Å². The van der Waals surface area contributed by atoms with Gasteiger partial charge in [0.15, 0.2) is 0 Å². The lowest BCUT2D eigenvalue weighted by molar-refractivity contribution is -0.144. The van der Waals surface area contributed by atoms with Gasteiger partial charge in [0, 0.05) is 36.9 Å². The molecular weight excluding hydrogens is 620 g/mol. The van der Waals surface area contributed by atoms with E-state index in [4.69, 9.17) is 0 Å². The maximum Gasteiger partial charge on any atom is 0.315 e. The van der Waals surface area contributed by atoms with Crippen molar-refractivity contribution in [1.82, 2.24) is 31.2 Å². The summed E-state index contributed by atoms with van der Waals surface area (Å²) >= 11 is 0. The molecule has 1 saturated heterocycles. The lowest BCUT2D eigenvalue weighted by Gasteiger charge is -2.39. The highest BCUT2D eigenvalue weighted by molar-refractivity contribution is 6.38. The predicted octanol–water partition coefficient (Wildman–Crippen LogP) is 4.60. The van der Waals surface area contributed by atoms with E-state index in [0.717, 1.165) is 63.5 Å². The monoisotopic (exact) mass is 678 g/mol. The number of nitrogens with one attached hydrogen (secondary N) is 4. The van der Waals surface area contributed by atoms with Crippen LogP contribution in [0.3, 0.4) is 0 Å². The first kappa shape index (κ1) is 38.0. The number of carbonyl (C=O) groups excluding carboxylic acids is 5. The molecule has 2 saturated carbocycles. The summed E-state index contributed by atoms with van der Waals surface area (Å²) in [6.07, 6.45) is 14.1. The van der Waals surface area contributed by atoms with Crippen LogP contribution in [-0.2, 0) is 25.6 Å². The summed E-state index contributed by atoms with van der Waals surface area (Å²) in [6.45, 7) is 12.3. The number of urea groups is 1. The Morgan fingerprint density at radius 1 is 1.00 bits per heavy atom. The van der Waals surface area contributed by atoms with Gasteiger partial charge in [-0.15, -0.1) is 6.58 Å². The molecule has 1 aromatic heterocycles. The quantitative estimate of drug-likeness (QED) is 0.101. The van der Waals surface area contributed by atoms with Crippen molar-refractivity contribution in [2.45, 2.75) is 135 Å². The lowest BCUT2D eigenvalue weighted by atomic mass is 9.78. The van der Waals surface area contributed by atoms with Gasteiger partial charge in [-0.3, -0.25) is 24.2 Å². The molecule has 5 amide bonds. The third kappa shape index (κ3) is 9.48. The minimum atomic E-state index is -0.992. The molecule has 0 aromatic carbocycles.